The van der Waals surface area contributed by atoms with Gasteiger partial charge in [-0.3, -0.25) is 4.79 Å². The molecular formula is C14H11F3O2. The molecule has 0 bridgehead atoms. The third-order valence-electron chi connectivity index (χ3n) is 2.66. The van der Waals surface area contributed by atoms with E-state index in [-0.39, 0.29) is 5.56 Å². The molecule has 2 aromatic rings. The highest BCUT2D eigenvalue weighted by Crippen LogP contribution is 2.36. The van der Waals surface area contributed by atoms with Crippen LogP contribution >= 0.6 is 0 Å². The second kappa shape index (κ2) is 4.91. The summed E-state index contributed by atoms with van der Waals surface area (Å²) in [4.78, 5) is 10.8. The molecule has 0 radical (unpaired) electrons. The summed E-state index contributed by atoms with van der Waals surface area (Å²) in [6.07, 6.45) is -6.86. The van der Waals surface area contributed by atoms with Crippen molar-refractivity contribution >= 4 is 16.7 Å². The molecule has 0 amide bonds. The predicted octanol–water partition coefficient (Wildman–Crippen LogP) is 4.01. The molecule has 0 saturated carbocycles. The molecule has 0 spiro atoms. The van der Waals surface area contributed by atoms with E-state index in [1.165, 1.54) is 12.1 Å². The Hall–Kier alpha value is -2.04. The van der Waals surface area contributed by atoms with Crippen molar-refractivity contribution in [3.05, 3.63) is 48.0 Å². The highest BCUT2D eigenvalue weighted by atomic mass is 19.4. The fraction of sp³-hybridized carbons (Fsp3) is 0.214. The molecule has 2 aromatic carbocycles. The van der Waals surface area contributed by atoms with Crippen LogP contribution in [0.1, 0.15) is 18.6 Å². The Morgan fingerprint density at radius 3 is 2.32 bits per heavy atom. The number of hydrogen-bond donors (Lipinski definition) is 0. The number of esters is 1. The van der Waals surface area contributed by atoms with Crippen molar-refractivity contribution in [1.82, 2.24) is 0 Å². The van der Waals surface area contributed by atoms with Gasteiger partial charge in [-0.05, 0) is 16.8 Å². The average Bonchev–Trinajstić information content (AvgIpc) is 2.34. The maximum atomic E-state index is 12.9. The smallest absolute Gasteiger partial charge is 0.429 e. The van der Waals surface area contributed by atoms with Gasteiger partial charge >= 0.3 is 12.1 Å². The molecule has 0 aliphatic carbocycles. The Morgan fingerprint density at radius 1 is 1.11 bits per heavy atom. The van der Waals surface area contributed by atoms with Gasteiger partial charge in [0, 0.05) is 12.5 Å². The molecule has 0 aliphatic heterocycles. The molecule has 0 heterocycles. The summed E-state index contributed by atoms with van der Waals surface area (Å²) in [5.74, 6) is -0.963. The highest BCUT2D eigenvalue weighted by Gasteiger charge is 2.43. The summed E-state index contributed by atoms with van der Waals surface area (Å²) in [5.41, 5.74) is -0.0820. The minimum absolute atomic E-state index is 0.0820. The molecular weight excluding hydrogens is 257 g/mol. The summed E-state index contributed by atoms with van der Waals surface area (Å²) in [5, 5.41) is 1.50. The van der Waals surface area contributed by atoms with Crippen LogP contribution in [-0.4, -0.2) is 12.1 Å². The van der Waals surface area contributed by atoms with Crippen molar-refractivity contribution in [3.8, 4) is 0 Å². The Morgan fingerprint density at radius 2 is 1.74 bits per heavy atom. The Labute approximate surface area is 107 Å². The molecule has 0 aliphatic rings. The zero-order chi connectivity index (χ0) is 14.0. The molecule has 1 atom stereocenters. The Kier molecular flexibility index (Phi) is 3.46. The third-order valence-corrected chi connectivity index (χ3v) is 2.66. The van der Waals surface area contributed by atoms with Crippen LogP contribution in [-0.2, 0) is 9.53 Å². The van der Waals surface area contributed by atoms with Gasteiger partial charge in [-0.2, -0.15) is 13.2 Å². The van der Waals surface area contributed by atoms with Crippen LogP contribution in [0, 0.1) is 0 Å². The van der Waals surface area contributed by atoms with E-state index >= 15 is 0 Å². The van der Waals surface area contributed by atoms with Crippen LogP contribution in [0.15, 0.2) is 42.5 Å². The van der Waals surface area contributed by atoms with Crippen molar-refractivity contribution in [2.75, 3.05) is 0 Å². The molecule has 0 unspecified atom stereocenters. The molecule has 0 saturated heterocycles. The fourth-order valence-electron chi connectivity index (χ4n) is 1.86. The van der Waals surface area contributed by atoms with E-state index in [0.717, 1.165) is 12.3 Å². The van der Waals surface area contributed by atoms with E-state index < -0.39 is 18.2 Å². The van der Waals surface area contributed by atoms with Crippen LogP contribution in [0.3, 0.4) is 0 Å². The van der Waals surface area contributed by atoms with Gasteiger partial charge in [0.1, 0.15) is 0 Å². The molecule has 2 nitrogen and oxygen atoms in total. The number of rotatable bonds is 2. The van der Waals surface area contributed by atoms with E-state index in [1.54, 1.807) is 30.3 Å². The lowest BCUT2D eigenvalue weighted by molar-refractivity contribution is -0.222. The molecule has 19 heavy (non-hydrogen) atoms. The van der Waals surface area contributed by atoms with Crippen molar-refractivity contribution in [1.29, 1.82) is 0 Å². The van der Waals surface area contributed by atoms with Gasteiger partial charge in [-0.25, -0.2) is 0 Å². The van der Waals surface area contributed by atoms with Crippen LogP contribution in [0.25, 0.3) is 10.8 Å². The zero-order valence-corrected chi connectivity index (χ0v) is 10.1. The van der Waals surface area contributed by atoms with Crippen molar-refractivity contribution in [2.24, 2.45) is 0 Å². The Bertz CT molecular complexity index is 605. The second-order valence-electron chi connectivity index (χ2n) is 4.14. The van der Waals surface area contributed by atoms with Gasteiger partial charge in [-0.1, -0.05) is 36.4 Å². The van der Waals surface area contributed by atoms with Gasteiger partial charge in [-0.15, -0.1) is 0 Å². The van der Waals surface area contributed by atoms with Crippen LogP contribution < -0.4 is 0 Å². The number of fused-ring (bicyclic) bond motifs is 1. The Balaban J connectivity index is 2.46. The first-order chi connectivity index (χ1) is 8.88. The van der Waals surface area contributed by atoms with E-state index in [2.05, 4.69) is 4.74 Å². The number of benzene rings is 2. The summed E-state index contributed by atoms with van der Waals surface area (Å²) in [6.45, 7) is 0.958. The van der Waals surface area contributed by atoms with E-state index in [1.807, 2.05) is 0 Å². The van der Waals surface area contributed by atoms with Crippen molar-refractivity contribution in [2.45, 2.75) is 19.2 Å². The van der Waals surface area contributed by atoms with E-state index in [9.17, 15) is 18.0 Å². The molecule has 5 heteroatoms. The molecule has 0 fully saturated rings. The van der Waals surface area contributed by atoms with Crippen LogP contribution in [0.4, 0.5) is 13.2 Å². The first-order valence-corrected chi connectivity index (χ1v) is 5.60. The molecule has 0 N–H and O–H groups in total. The second-order valence-corrected chi connectivity index (χ2v) is 4.14. The minimum atomic E-state index is -4.63. The number of ether oxygens (including phenoxy) is 1. The summed E-state index contributed by atoms with van der Waals surface area (Å²) in [7, 11) is 0. The average molecular weight is 268 g/mol. The number of alkyl halides is 3. The van der Waals surface area contributed by atoms with Gasteiger partial charge in [0.05, 0.1) is 0 Å². The summed E-state index contributed by atoms with van der Waals surface area (Å²) in [6, 6.07) is 11.3. The monoisotopic (exact) mass is 268 g/mol. The maximum absolute atomic E-state index is 12.9. The van der Waals surface area contributed by atoms with E-state index in [0.29, 0.717) is 5.39 Å². The summed E-state index contributed by atoms with van der Waals surface area (Å²) < 4.78 is 43.1. The largest absolute Gasteiger partial charge is 0.448 e. The predicted molar refractivity (Wildman–Crippen MR) is 64.5 cm³/mol. The molecule has 0 aromatic heterocycles. The standard InChI is InChI=1S/C14H11F3O2/c1-9(18)19-13(14(15,16)17)12-7-6-10-4-2-3-5-11(10)8-12/h2-8,13H,1H3/t13-/m0/s1. The van der Waals surface area contributed by atoms with Gasteiger partial charge < -0.3 is 4.74 Å². The number of carbonyl (C=O) groups excluding carboxylic acids is 1. The fourth-order valence-corrected chi connectivity index (χ4v) is 1.86. The topological polar surface area (TPSA) is 26.3 Å². The SMILES string of the molecule is CC(=O)O[C@@H](c1ccc2ccccc2c1)C(F)(F)F. The molecule has 100 valence electrons. The number of halogens is 3. The first-order valence-electron chi connectivity index (χ1n) is 5.60. The normalized spacial score (nSPS) is 13.3. The van der Waals surface area contributed by atoms with Crippen molar-refractivity contribution in [3.63, 3.8) is 0 Å². The lowest BCUT2D eigenvalue weighted by atomic mass is 10.0. The van der Waals surface area contributed by atoms with Gasteiger partial charge in [0.15, 0.2) is 0 Å². The van der Waals surface area contributed by atoms with Crippen molar-refractivity contribution < 1.29 is 22.7 Å². The third kappa shape index (κ3) is 3.05. The summed E-state index contributed by atoms with van der Waals surface area (Å²) >= 11 is 0. The van der Waals surface area contributed by atoms with Crippen LogP contribution in [0.2, 0.25) is 0 Å². The first kappa shape index (κ1) is 13.4. The van der Waals surface area contributed by atoms with Crippen LogP contribution in [0.5, 0.6) is 0 Å². The maximum Gasteiger partial charge on any atom is 0.429 e. The quantitative estimate of drug-likeness (QED) is 0.769. The minimum Gasteiger partial charge on any atom is -0.448 e. The van der Waals surface area contributed by atoms with Gasteiger partial charge in [0.25, 0.3) is 0 Å². The number of carbonyl (C=O) groups is 1. The lowest BCUT2D eigenvalue weighted by Gasteiger charge is -2.20. The van der Waals surface area contributed by atoms with Gasteiger partial charge in [0.2, 0.25) is 6.10 Å². The van der Waals surface area contributed by atoms with E-state index in [4.69, 9.17) is 0 Å². The lowest BCUT2D eigenvalue weighted by Crippen LogP contribution is -2.25. The highest BCUT2D eigenvalue weighted by molar-refractivity contribution is 5.83. The number of hydrogen-bond acceptors (Lipinski definition) is 2. The zero-order valence-electron chi connectivity index (χ0n) is 10.1. The molecule has 2 rings (SSSR count).